The molecule has 1 N–H and O–H groups in total. The number of carboxylic acid groups (broad SMARTS) is 1. The predicted octanol–water partition coefficient (Wildman–Crippen LogP) is 2.98. The molecule has 0 aliphatic rings. The van der Waals surface area contributed by atoms with Gasteiger partial charge in [-0.25, -0.2) is 9.78 Å². The average molecular weight is 225 g/mol. The van der Waals surface area contributed by atoms with E-state index in [1.54, 1.807) is 0 Å². The van der Waals surface area contributed by atoms with E-state index in [-0.39, 0.29) is 10.4 Å². The molecule has 0 unspecified atom stereocenters. The number of nitrogens with zero attached hydrogens (tertiary/aromatic N) is 1. The van der Waals surface area contributed by atoms with E-state index in [4.69, 9.17) is 5.11 Å². The number of carboxylic acids is 1. The second-order valence-electron chi connectivity index (χ2n) is 4.33. The third-order valence-electron chi connectivity index (χ3n) is 1.71. The molecule has 3 nitrogen and oxygen atoms in total. The Morgan fingerprint density at radius 3 is 2.53 bits per heavy atom. The number of aromatic carboxylic acids is 1. The number of carbonyl (C=O) groups is 1. The zero-order valence-corrected chi connectivity index (χ0v) is 10.2. The molecular weight excluding hydrogens is 210 g/mol. The maximum absolute atomic E-state index is 11.0. The van der Waals surface area contributed by atoms with Crippen LogP contribution in [-0.2, 0) is 0 Å². The molecule has 0 spiro atoms. The molecule has 1 heterocycles. The Morgan fingerprint density at radius 2 is 2.07 bits per heavy atom. The largest absolute Gasteiger partial charge is 0.476 e. The lowest BCUT2D eigenvalue weighted by molar-refractivity contribution is 0.0686. The number of hydrogen-bond acceptors (Lipinski definition) is 3. The van der Waals surface area contributed by atoms with Crippen molar-refractivity contribution in [2.75, 3.05) is 0 Å². The quantitative estimate of drug-likeness (QED) is 0.786. The zero-order valence-electron chi connectivity index (χ0n) is 9.37. The Labute approximate surface area is 93.9 Å². The molecule has 0 aliphatic heterocycles. The lowest BCUT2D eigenvalue weighted by Gasteiger charge is -2.19. The maximum Gasteiger partial charge on any atom is 0.355 e. The molecule has 82 valence electrons. The van der Waals surface area contributed by atoms with E-state index in [0.717, 1.165) is 10.5 Å². The lowest BCUT2D eigenvalue weighted by atomic mass is 10.2. The normalized spacial score (nSPS) is 11.5. The predicted molar refractivity (Wildman–Crippen MR) is 61.5 cm³/mol. The highest BCUT2D eigenvalue weighted by atomic mass is 32.2. The first-order valence-corrected chi connectivity index (χ1v) is 5.51. The van der Waals surface area contributed by atoms with Crippen molar-refractivity contribution in [3.8, 4) is 0 Å². The Morgan fingerprint density at radius 1 is 1.47 bits per heavy atom. The standard InChI is InChI=1S/C11H15NO2S/c1-7-5-6-12-8(10(13)14)9(7)15-11(2,3)4/h5-6H,1-4H3,(H,13,14). The van der Waals surface area contributed by atoms with Gasteiger partial charge in [0.05, 0.1) is 0 Å². The van der Waals surface area contributed by atoms with Crippen molar-refractivity contribution in [2.45, 2.75) is 37.3 Å². The number of aromatic nitrogens is 1. The molecule has 0 fully saturated rings. The molecule has 0 amide bonds. The Bertz CT molecular complexity index is 383. The van der Waals surface area contributed by atoms with Crippen molar-refractivity contribution in [2.24, 2.45) is 0 Å². The van der Waals surface area contributed by atoms with Crippen molar-refractivity contribution in [3.63, 3.8) is 0 Å². The van der Waals surface area contributed by atoms with E-state index in [1.165, 1.54) is 18.0 Å². The minimum Gasteiger partial charge on any atom is -0.476 e. The topological polar surface area (TPSA) is 50.2 Å². The van der Waals surface area contributed by atoms with Crippen LogP contribution in [0.5, 0.6) is 0 Å². The van der Waals surface area contributed by atoms with Gasteiger partial charge in [0, 0.05) is 15.8 Å². The third kappa shape index (κ3) is 3.23. The van der Waals surface area contributed by atoms with Crippen molar-refractivity contribution in [1.82, 2.24) is 4.98 Å². The fourth-order valence-corrected chi connectivity index (χ4v) is 2.21. The molecule has 0 bridgehead atoms. The van der Waals surface area contributed by atoms with Gasteiger partial charge >= 0.3 is 5.97 Å². The molecule has 1 rings (SSSR count). The van der Waals surface area contributed by atoms with Crippen molar-refractivity contribution >= 4 is 17.7 Å². The highest BCUT2D eigenvalue weighted by Gasteiger charge is 2.20. The molecule has 1 aromatic heterocycles. The summed E-state index contributed by atoms with van der Waals surface area (Å²) in [6, 6.07) is 1.83. The summed E-state index contributed by atoms with van der Waals surface area (Å²) in [6.45, 7) is 8.06. The van der Waals surface area contributed by atoms with E-state index in [1.807, 2.05) is 13.0 Å². The van der Waals surface area contributed by atoms with E-state index in [9.17, 15) is 4.79 Å². The summed E-state index contributed by atoms with van der Waals surface area (Å²) >= 11 is 1.54. The summed E-state index contributed by atoms with van der Waals surface area (Å²) in [5.41, 5.74) is 1.11. The van der Waals surface area contributed by atoms with E-state index in [0.29, 0.717) is 0 Å². The van der Waals surface area contributed by atoms with Crippen LogP contribution < -0.4 is 0 Å². The van der Waals surface area contributed by atoms with Crippen LogP contribution in [0.3, 0.4) is 0 Å². The first-order valence-electron chi connectivity index (χ1n) is 4.69. The van der Waals surface area contributed by atoms with Crippen molar-refractivity contribution in [1.29, 1.82) is 0 Å². The molecule has 0 saturated carbocycles. The first-order chi connectivity index (χ1) is 6.81. The molecule has 0 radical (unpaired) electrons. The highest BCUT2D eigenvalue weighted by molar-refractivity contribution is 8.00. The van der Waals surface area contributed by atoms with Crippen molar-refractivity contribution < 1.29 is 9.90 Å². The van der Waals surface area contributed by atoms with Gasteiger partial charge in [-0.05, 0) is 18.6 Å². The number of pyridine rings is 1. The molecule has 1 aromatic rings. The molecule has 0 aromatic carbocycles. The first kappa shape index (κ1) is 12.0. The Balaban J connectivity index is 3.19. The van der Waals surface area contributed by atoms with Gasteiger partial charge in [0.25, 0.3) is 0 Å². The SMILES string of the molecule is Cc1ccnc(C(=O)O)c1SC(C)(C)C. The fraction of sp³-hybridized carbons (Fsp3) is 0.455. The van der Waals surface area contributed by atoms with Gasteiger partial charge in [-0.2, -0.15) is 0 Å². The monoisotopic (exact) mass is 225 g/mol. The van der Waals surface area contributed by atoms with Gasteiger partial charge < -0.3 is 5.11 Å². The van der Waals surface area contributed by atoms with Crippen LogP contribution in [-0.4, -0.2) is 20.8 Å². The van der Waals surface area contributed by atoms with Gasteiger partial charge in [0.2, 0.25) is 0 Å². The molecule has 0 aliphatic carbocycles. The Hall–Kier alpha value is -1.03. The van der Waals surface area contributed by atoms with Crippen LogP contribution in [0.2, 0.25) is 0 Å². The summed E-state index contributed by atoms with van der Waals surface area (Å²) in [4.78, 5) is 15.6. The van der Waals surface area contributed by atoms with E-state index in [2.05, 4.69) is 25.8 Å². The number of aryl methyl sites for hydroxylation is 1. The lowest BCUT2D eigenvalue weighted by Crippen LogP contribution is -2.11. The van der Waals surface area contributed by atoms with Gasteiger partial charge in [0.15, 0.2) is 5.69 Å². The number of hydrogen-bond donors (Lipinski definition) is 1. The summed E-state index contributed by atoms with van der Waals surface area (Å²) in [6.07, 6.45) is 1.53. The maximum atomic E-state index is 11.0. The van der Waals surface area contributed by atoms with E-state index >= 15 is 0 Å². The fourth-order valence-electron chi connectivity index (χ4n) is 1.13. The van der Waals surface area contributed by atoms with Crippen LogP contribution in [0.4, 0.5) is 0 Å². The zero-order chi connectivity index (χ0) is 11.6. The molecule has 15 heavy (non-hydrogen) atoms. The van der Waals surface area contributed by atoms with Gasteiger partial charge in [-0.3, -0.25) is 0 Å². The highest BCUT2D eigenvalue weighted by Crippen LogP contribution is 2.35. The van der Waals surface area contributed by atoms with Crippen LogP contribution in [0.1, 0.15) is 36.8 Å². The van der Waals surface area contributed by atoms with Gasteiger partial charge in [-0.1, -0.05) is 20.8 Å². The minimum absolute atomic E-state index is 0.0159. The van der Waals surface area contributed by atoms with Crippen LogP contribution >= 0.6 is 11.8 Å². The smallest absolute Gasteiger partial charge is 0.355 e. The number of thioether (sulfide) groups is 1. The van der Waals surface area contributed by atoms with Gasteiger partial charge in [-0.15, -0.1) is 11.8 Å². The summed E-state index contributed by atoms with van der Waals surface area (Å²) < 4.78 is -0.0159. The second kappa shape index (κ2) is 4.23. The molecule has 0 saturated heterocycles. The number of rotatable bonds is 2. The molecule has 0 atom stereocenters. The molecular formula is C11H15NO2S. The Kier molecular flexibility index (Phi) is 3.39. The average Bonchev–Trinajstić information content (AvgIpc) is 2.05. The summed E-state index contributed by atoms with van der Waals surface area (Å²) in [5.74, 6) is -0.967. The van der Waals surface area contributed by atoms with E-state index < -0.39 is 5.97 Å². The third-order valence-corrected chi connectivity index (χ3v) is 3.04. The van der Waals surface area contributed by atoms with Crippen LogP contribution in [0.15, 0.2) is 17.2 Å². The van der Waals surface area contributed by atoms with Crippen LogP contribution in [0.25, 0.3) is 0 Å². The van der Waals surface area contributed by atoms with Crippen molar-refractivity contribution in [3.05, 3.63) is 23.5 Å². The summed E-state index contributed by atoms with van der Waals surface area (Å²) in [5, 5.41) is 9.01. The van der Waals surface area contributed by atoms with Crippen LogP contribution in [0, 0.1) is 6.92 Å². The summed E-state index contributed by atoms with van der Waals surface area (Å²) in [7, 11) is 0. The van der Waals surface area contributed by atoms with Gasteiger partial charge in [0.1, 0.15) is 0 Å². The second-order valence-corrected chi connectivity index (χ2v) is 6.16. The molecule has 4 heteroatoms. The minimum atomic E-state index is -0.967.